The van der Waals surface area contributed by atoms with Crippen LogP contribution in [0.1, 0.15) is 41.5 Å². The van der Waals surface area contributed by atoms with Gasteiger partial charge in [0.05, 0.1) is 17.1 Å². The zero-order valence-electron chi connectivity index (χ0n) is 22.0. The monoisotopic (exact) mass is 533 g/mol. The van der Waals surface area contributed by atoms with Crippen molar-refractivity contribution in [3.05, 3.63) is 89.0 Å². The molecule has 0 spiro atoms. The summed E-state index contributed by atoms with van der Waals surface area (Å²) >= 11 is 0. The molecular formula is C30H35N3O4S. The minimum absolute atomic E-state index is 0.104. The number of ether oxygens (including phenoxy) is 1. The quantitative estimate of drug-likeness (QED) is 0.482. The highest BCUT2D eigenvalue weighted by molar-refractivity contribution is 7.92. The van der Waals surface area contributed by atoms with E-state index in [2.05, 4.69) is 22.3 Å². The Balaban J connectivity index is 1.28. The molecule has 0 unspecified atom stereocenters. The number of hydrogen-bond acceptors (Lipinski definition) is 5. The summed E-state index contributed by atoms with van der Waals surface area (Å²) in [6.45, 7) is 7.30. The van der Waals surface area contributed by atoms with Crippen LogP contribution in [0.4, 0.5) is 5.69 Å². The molecule has 0 radical (unpaired) electrons. The molecular weight excluding hydrogens is 498 g/mol. The van der Waals surface area contributed by atoms with E-state index in [1.54, 1.807) is 36.4 Å². The van der Waals surface area contributed by atoms with Gasteiger partial charge in [-0.25, -0.2) is 8.42 Å². The summed E-state index contributed by atoms with van der Waals surface area (Å²) in [6.07, 6.45) is 2.88. The first-order valence-corrected chi connectivity index (χ1v) is 14.7. The number of carbonyl (C=O) groups is 1. The van der Waals surface area contributed by atoms with Crippen molar-refractivity contribution in [3.63, 3.8) is 0 Å². The minimum Gasteiger partial charge on any atom is -0.476 e. The van der Waals surface area contributed by atoms with Gasteiger partial charge < -0.3 is 10.1 Å². The lowest BCUT2D eigenvalue weighted by Crippen LogP contribution is -2.50. The van der Waals surface area contributed by atoms with Crippen LogP contribution in [-0.2, 0) is 27.9 Å². The Morgan fingerprint density at radius 2 is 1.55 bits per heavy atom. The van der Waals surface area contributed by atoms with Gasteiger partial charge in [-0.15, -0.1) is 0 Å². The normalized spacial score (nSPS) is 17.9. The first-order chi connectivity index (χ1) is 18.3. The van der Waals surface area contributed by atoms with Crippen LogP contribution in [0.5, 0.6) is 5.75 Å². The average Bonchev–Trinajstić information content (AvgIpc) is 2.92. The fourth-order valence-electron chi connectivity index (χ4n) is 5.00. The smallest absolute Gasteiger partial charge is 0.264 e. The summed E-state index contributed by atoms with van der Waals surface area (Å²) in [5, 5.41) is 2.94. The number of benzene rings is 3. The number of likely N-dealkylation sites (tertiary alicyclic amines) is 1. The first kappa shape index (κ1) is 26.3. The molecule has 0 bridgehead atoms. The van der Waals surface area contributed by atoms with Gasteiger partial charge in [0, 0.05) is 13.1 Å². The second-order valence-corrected chi connectivity index (χ2v) is 12.2. The lowest BCUT2D eigenvalue weighted by Gasteiger charge is -2.35. The average molecular weight is 534 g/mol. The SMILES string of the molecule is Cc1ccc(S(=O)(=O)N2C[C@@H](C(=O)NCc3ccc(CN4CCCCC4)cc3)Oc3ccc(C)cc32)cc1. The standard InChI is InChI=1S/C30H35N3O4S/c1-22-6-13-26(14-7-22)38(35,36)33-21-29(37-28-15-8-23(2)18-27(28)33)30(34)31-19-24-9-11-25(12-10-24)20-32-16-4-3-5-17-32/h6-15,18,29H,3-5,16-17,19-21H2,1-2H3,(H,31,34)/t29-/m0/s1. The molecule has 3 aromatic rings. The lowest BCUT2D eigenvalue weighted by molar-refractivity contribution is -0.127. The van der Waals surface area contributed by atoms with E-state index in [0.29, 0.717) is 18.0 Å². The molecule has 1 atom stereocenters. The highest BCUT2D eigenvalue weighted by Gasteiger charge is 2.37. The number of anilines is 1. The maximum atomic E-state index is 13.6. The van der Waals surface area contributed by atoms with E-state index < -0.39 is 16.1 Å². The molecule has 8 heteroatoms. The van der Waals surface area contributed by atoms with Gasteiger partial charge in [-0.05, 0) is 80.7 Å². The Labute approximate surface area is 225 Å². The molecule has 1 saturated heterocycles. The number of nitrogens with zero attached hydrogens (tertiary/aromatic N) is 2. The first-order valence-electron chi connectivity index (χ1n) is 13.2. The molecule has 200 valence electrons. The molecule has 38 heavy (non-hydrogen) atoms. The summed E-state index contributed by atoms with van der Waals surface area (Å²) < 4.78 is 34.6. The van der Waals surface area contributed by atoms with E-state index in [0.717, 1.165) is 36.3 Å². The largest absolute Gasteiger partial charge is 0.476 e. The van der Waals surface area contributed by atoms with Crippen molar-refractivity contribution in [1.82, 2.24) is 10.2 Å². The van der Waals surface area contributed by atoms with Crippen LogP contribution in [0.2, 0.25) is 0 Å². The highest BCUT2D eigenvalue weighted by atomic mass is 32.2. The van der Waals surface area contributed by atoms with Crippen molar-refractivity contribution in [2.75, 3.05) is 23.9 Å². The fourth-order valence-corrected chi connectivity index (χ4v) is 6.47. The van der Waals surface area contributed by atoms with E-state index >= 15 is 0 Å². The number of aryl methyl sites for hydroxylation is 2. The van der Waals surface area contributed by atoms with Crippen LogP contribution < -0.4 is 14.4 Å². The molecule has 1 amide bonds. The topological polar surface area (TPSA) is 79.0 Å². The van der Waals surface area contributed by atoms with Crippen LogP contribution in [0.3, 0.4) is 0 Å². The van der Waals surface area contributed by atoms with Crippen molar-refractivity contribution in [2.45, 2.75) is 57.2 Å². The summed E-state index contributed by atoms with van der Waals surface area (Å²) in [4.78, 5) is 15.8. The molecule has 1 N–H and O–H groups in total. The third kappa shape index (κ3) is 5.87. The number of rotatable bonds is 7. The number of nitrogens with one attached hydrogen (secondary N) is 1. The number of hydrogen-bond donors (Lipinski definition) is 1. The number of piperidine rings is 1. The molecule has 1 fully saturated rings. The summed E-state index contributed by atoms with van der Waals surface area (Å²) in [5.74, 6) is 0.0254. The van der Waals surface area contributed by atoms with Crippen molar-refractivity contribution >= 4 is 21.6 Å². The van der Waals surface area contributed by atoms with Crippen molar-refractivity contribution in [1.29, 1.82) is 0 Å². The number of amides is 1. The number of fused-ring (bicyclic) bond motifs is 1. The Morgan fingerprint density at radius 1 is 0.895 bits per heavy atom. The van der Waals surface area contributed by atoms with Crippen LogP contribution in [0.15, 0.2) is 71.6 Å². The predicted molar refractivity (Wildman–Crippen MR) is 149 cm³/mol. The molecule has 7 nitrogen and oxygen atoms in total. The van der Waals surface area contributed by atoms with E-state index in [-0.39, 0.29) is 17.3 Å². The van der Waals surface area contributed by atoms with Gasteiger partial charge in [-0.2, -0.15) is 0 Å². The summed E-state index contributed by atoms with van der Waals surface area (Å²) in [6, 6.07) is 20.4. The summed E-state index contributed by atoms with van der Waals surface area (Å²) in [5.41, 5.74) is 4.57. The molecule has 0 aliphatic carbocycles. The third-order valence-electron chi connectivity index (χ3n) is 7.23. The second-order valence-electron chi connectivity index (χ2n) is 10.3. The van der Waals surface area contributed by atoms with Gasteiger partial charge >= 0.3 is 0 Å². The maximum absolute atomic E-state index is 13.6. The second kappa shape index (κ2) is 11.2. The van der Waals surface area contributed by atoms with Crippen molar-refractivity contribution in [2.24, 2.45) is 0 Å². The fraction of sp³-hybridized carbons (Fsp3) is 0.367. The van der Waals surface area contributed by atoms with Gasteiger partial charge in [0.25, 0.3) is 15.9 Å². The van der Waals surface area contributed by atoms with E-state index in [1.165, 1.54) is 29.1 Å². The Hall–Kier alpha value is -3.36. The molecule has 2 aliphatic heterocycles. The molecule has 0 saturated carbocycles. The zero-order chi connectivity index (χ0) is 26.7. The van der Waals surface area contributed by atoms with Gasteiger partial charge in [0.1, 0.15) is 5.75 Å². The van der Waals surface area contributed by atoms with Crippen LogP contribution in [0, 0.1) is 13.8 Å². The molecule has 2 aliphatic rings. The minimum atomic E-state index is -3.89. The predicted octanol–water partition coefficient (Wildman–Crippen LogP) is 4.56. The summed E-state index contributed by atoms with van der Waals surface area (Å²) in [7, 11) is -3.89. The highest BCUT2D eigenvalue weighted by Crippen LogP contribution is 2.37. The van der Waals surface area contributed by atoms with Crippen molar-refractivity contribution < 1.29 is 17.9 Å². The molecule has 2 heterocycles. The molecule has 0 aromatic heterocycles. The van der Waals surface area contributed by atoms with E-state index in [4.69, 9.17) is 4.74 Å². The Kier molecular flexibility index (Phi) is 7.72. The Bertz CT molecular complexity index is 1380. The zero-order valence-corrected chi connectivity index (χ0v) is 22.8. The maximum Gasteiger partial charge on any atom is 0.264 e. The van der Waals surface area contributed by atoms with Crippen LogP contribution in [0.25, 0.3) is 0 Å². The van der Waals surface area contributed by atoms with Crippen LogP contribution in [-0.4, -0.2) is 45.0 Å². The van der Waals surface area contributed by atoms with Gasteiger partial charge in [-0.1, -0.05) is 54.4 Å². The third-order valence-corrected chi connectivity index (χ3v) is 9.02. The number of sulfonamides is 1. The van der Waals surface area contributed by atoms with Gasteiger partial charge in [-0.3, -0.25) is 14.0 Å². The number of carbonyl (C=O) groups excluding carboxylic acids is 1. The lowest BCUT2D eigenvalue weighted by atomic mass is 10.1. The van der Waals surface area contributed by atoms with E-state index in [9.17, 15) is 13.2 Å². The Morgan fingerprint density at radius 3 is 2.26 bits per heavy atom. The molecule has 3 aromatic carbocycles. The van der Waals surface area contributed by atoms with Gasteiger partial charge in [0.2, 0.25) is 0 Å². The van der Waals surface area contributed by atoms with Gasteiger partial charge in [0.15, 0.2) is 6.10 Å². The molecule has 5 rings (SSSR count). The van der Waals surface area contributed by atoms with E-state index in [1.807, 2.05) is 32.0 Å². The van der Waals surface area contributed by atoms with Crippen molar-refractivity contribution in [3.8, 4) is 5.75 Å². The van der Waals surface area contributed by atoms with Crippen LogP contribution >= 0.6 is 0 Å².